The standard InChI is InChI=1S/C17H19ClN2/c1-12(19-2)13-7-8-17(16(18)9-13)20-10-14-5-3-4-6-15(14)11-20/h3-9,12,19H,10-11H2,1-2H3. The Bertz CT molecular complexity index is 599. The SMILES string of the molecule is CNC(C)c1ccc(N2Cc3ccccc3C2)c(Cl)c1. The molecule has 1 N–H and O–H groups in total. The molecule has 2 aromatic carbocycles. The topological polar surface area (TPSA) is 15.3 Å². The summed E-state index contributed by atoms with van der Waals surface area (Å²) in [6.45, 7) is 4.02. The molecule has 0 saturated carbocycles. The summed E-state index contributed by atoms with van der Waals surface area (Å²) >= 11 is 6.48. The Labute approximate surface area is 125 Å². The summed E-state index contributed by atoms with van der Waals surface area (Å²) in [5, 5.41) is 4.07. The fourth-order valence-electron chi connectivity index (χ4n) is 2.72. The number of hydrogen-bond donors (Lipinski definition) is 1. The van der Waals surface area contributed by atoms with Crippen LogP contribution in [0.2, 0.25) is 5.02 Å². The molecule has 20 heavy (non-hydrogen) atoms. The number of halogens is 1. The highest BCUT2D eigenvalue weighted by Crippen LogP contribution is 2.34. The van der Waals surface area contributed by atoms with E-state index in [1.54, 1.807) is 0 Å². The molecule has 0 radical (unpaired) electrons. The second-order valence-corrected chi connectivity index (χ2v) is 5.75. The number of nitrogens with one attached hydrogen (secondary N) is 1. The first-order valence-electron chi connectivity index (χ1n) is 6.97. The van der Waals surface area contributed by atoms with Crippen LogP contribution in [-0.2, 0) is 13.1 Å². The van der Waals surface area contributed by atoms with Crippen molar-refractivity contribution in [3.63, 3.8) is 0 Å². The van der Waals surface area contributed by atoms with Crippen LogP contribution in [0.4, 0.5) is 5.69 Å². The van der Waals surface area contributed by atoms with Crippen LogP contribution in [-0.4, -0.2) is 7.05 Å². The van der Waals surface area contributed by atoms with E-state index in [2.05, 4.69) is 59.6 Å². The number of rotatable bonds is 3. The monoisotopic (exact) mass is 286 g/mol. The maximum absolute atomic E-state index is 6.48. The van der Waals surface area contributed by atoms with Crippen LogP contribution >= 0.6 is 11.6 Å². The molecule has 1 aliphatic rings. The average molecular weight is 287 g/mol. The highest BCUT2D eigenvalue weighted by molar-refractivity contribution is 6.33. The molecule has 0 aliphatic carbocycles. The Balaban J connectivity index is 1.86. The highest BCUT2D eigenvalue weighted by Gasteiger charge is 2.20. The number of hydrogen-bond acceptors (Lipinski definition) is 2. The summed E-state index contributed by atoms with van der Waals surface area (Å²) in [4.78, 5) is 2.33. The molecule has 1 aliphatic heterocycles. The number of anilines is 1. The van der Waals surface area contributed by atoms with E-state index < -0.39 is 0 Å². The van der Waals surface area contributed by atoms with E-state index in [0.29, 0.717) is 6.04 Å². The lowest BCUT2D eigenvalue weighted by molar-refractivity contribution is 0.652. The van der Waals surface area contributed by atoms with Crippen molar-refractivity contribution < 1.29 is 0 Å². The van der Waals surface area contributed by atoms with Gasteiger partial charge in [0.25, 0.3) is 0 Å². The molecule has 0 spiro atoms. The second-order valence-electron chi connectivity index (χ2n) is 5.35. The molecular formula is C17H19ClN2. The largest absolute Gasteiger partial charge is 0.362 e. The number of fused-ring (bicyclic) bond motifs is 1. The van der Waals surface area contributed by atoms with Gasteiger partial charge < -0.3 is 10.2 Å². The first kappa shape index (κ1) is 13.5. The third-order valence-electron chi connectivity index (χ3n) is 4.09. The van der Waals surface area contributed by atoms with Gasteiger partial charge in [0.15, 0.2) is 0 Å². The van der Waals surface area contributed by atoms with Gasteiger partial charge in [-0.05, 0) is 42.8 Å². The van der Waals surface area contributed by atoms with Crippen LogP contribution in [0.1, 0.15) is 29.7 Å². The zero-order valence-corrected chi connectivity index (χ0v) is 12.6. The zero-order chi connectivity index (χ0) is 14.1. The summed E-state index contributed by atoms with van der Waals surface area (Å²) in [5.74, 6) is 0. The van der Waals surface area contributed by atoms with E-state index in [9.17, 15) is 0 Å². The van der Waals surface area contributed by atoms with Crippen molar-refractivity contribution in [2.45, 2.75) is 26.1 Å². The van der Waals surface area contributed by atoms with Crippen molar-refractivity contribution in [1.29, 1.82) is 0 Å². The first-order valence-corrected chi connectivity index (χ1v) is 7.35. The van der Waals surface area contributed by atoms with Gasteiger partial charge >= 0.3 is 0 Å². The lowest BCUT2D eigenvalue weighted by atomic mass is 10.1. The van der Waals surface area contributed by atoms with E-state index in [1.807, 2.05) is 7.05 Å². The predicted octanol–water partition coefficient (Wildman–Crippen LogP) is 4.14. The van der Waals surface area contributed by atoms with Crippen LogP contribution in [0.3, 0.4) is 0 Å². The molecule has 0 aromatic heterocycles. The molecule has 0 saturated heterocycles. The summed E-state index contributed by atoms with van der Waals surface area (Å²) in [6.07, 6.45) is 0. The third kappa shape index (κ3) is 2.41. The maximum Gasteiger partial charge on any atom is 0.0643 e. The van der Waals surface area contributed by atoms with Gasteiger partial charge in [0.1, 0.15) is 0 Å². The summed E-state index contributed by atoms with van der Waals surface area (Å²) in [7, 11) is 1.96. The second kappa shape index (κ2) is 5.47. The predicted molar refractivity (Wildman–Crippen MR) is 85.3 cm³/mol. The lowest BCUT2D eigenvalue weighted by Gasteiger charge is -2.21. The minimum Gasteiger partial charge on any atom is -0.362 e. The number of nitrogens with zero attached hydrogens (tertiary/aromatic N) is 1. The van der Waals surface area contributed by atoms with Crippen LogP contribution in [0.15, 0.2) is 42.5 Å². The Morgan fingerprint density at radius 2 is 1.75 bits per heavy atom. The number of benzene rings is 2. The van der Waals surface area contributed by atoms with E-state index in [4.69, 9.17) is 11.6 Å². The van der Waals surface area contributed by atoms with Gasteiger partial charge in [-0.3, -0.25) is 0 Å². The van der Waals surface area contributed by atoms with Gasteiger partial charge in [-0.1, -0.05) is 41.9 Å². The Kier molecular flexibility index (Phi) is 3.68. The van der Waals surface area contributed by atoms with E-state index in [1.165, 1.54) is 16.7 Å². The molecule has 2 aromatic rings. The zero-order valence-electron chi connectivity index (χ0n) is 11.9. The van der Waals surface area contributed by atoms with Crippen LogP contribution in [0.25, 0.3) is 0 Å². The molecule has 3 rings (SSSR count). The van der Waals surface area contributed by atoms with Gasteiger partial charge in [-0.2, -0.15) is 0 Å². The van der Waals surface area contributed by atoms with Crippen LogP contribution < -0.4 is 10.2 Å². The van der Waals surface area contributed by atoms with Gasteiger partial charge in [-0.25, -0.2) is 0 Å². The Morgan fingerprint density at radius 3 is 2.30 bits per heavy atom. The van der Waals surface area contributed by atoms with Crippen molar-refractivity contribution in [3.8, 4) is 0 Å². The quantitative estimate of drug-likeness (QED) is 0.912. The normalized spacial score (nSPS) is 15.2. The summed E-state index contributed by atoms with van der Waals surface area (Å²) in [5.41, 5.74) is 5.14. The van der Waals surface area contributed by atoms with Crippen LogP contribution in [0, 0.1) is 0 Å². The molecule has 1 atom stereocenters. The summed E-state index contributed by atoms with van der Waals surface area (Å²) < 4.78 is 0. The van der Waals surface area contributed by atoms with Crippen molar-refractivity contribution in [3.05, 3.63) is 64.2 Å². The molecule has 3 heteroatoms. The Hall–Kier alpha value is -1.51. The lowest BCUT2D eigenvalue weighted by Crippen LogP contribution is -2.16. The smallest absolute Gasteiger partial charge is 0.0643 e. The Morgan fingerprint density at radius 1 is 1.10 bits per heavy atom. The van der Waals surface area contributed by atoms with Gasteiger partial charge in [0.2, 0.25) is 0 Å². The van der Waals surface area contributed by atoms with Gasteiger partial charge in [0.05, 0.1) is 10.7 Å². The van der Waals surface area contributed by atoms with Crippen LogP contribution in [0.5, 0.6) is 0 Å². The molecule has 104 valence electrons. The molecule has 0 amide bonds. The first-order chi connectivity index (χ1) is 9.69. The van der Waals surface area contributed by atoms with Crippen molar-refractivity contribution in [2.75, 3.05) is 11.9 Å². The fraction of sp³-hybridized carbons (Fsp3) is 0.294. The van der Waals surface area contributed by atoms with E-state index >= 15 is 0 Å². The average Bonchev–Trinajstić information content (AvgIpc) is 2.89. The van der Waals surface area contributed by atoms with Crippen molar-refractivity contribution in [1.82, 2.24) is 5.32 Å². The van der Waals surface area contributed by atoms with Gasteiger partial charge in [0, 0.05) is 19.1 Å². The minimum atomic E-state index is 0.317. The fourth-order valence-corrected chi connectivity index (χ4v) is 3.03. The molecule has 0 fully saturated rings. The van der Waals surface area contributed by atoms with E-state index in [0.717, 1.165) is 23.8 Å². The van der Waals surface area contributed by atoms with Crippen molar-refractivity contribution in [2.24, 2.45) is 0 Å². The minimum absolute atomic E-state index is 0.317. The molecule has 2 nitrogen and oxygen atoms in total. The summed E-state index contributed by atoms with van der Waals surface area (Å²) in [6, 6.07) is 15.3. The van der Waals surface area contributed by atoms with Gasteiger partial charge in [-0.15, -0.1) is 0 Å². The molecule has 0 bridgehead atoms. The van der Waals surface area contributed by atoms with Crippen molar-refractivity contribution >= 4 is 17.3 Å². The molecule has 1 heterocycles. The maximum atomic E-state index is 6.48. The highest BCUT2D eigenvalue weighted by atomic mass is 35.5. The molecule has 1 unspecified atom stereocenters. The van der Waals surface area contributed by atoms with E-state index in [-0.39, 0.29) is 0 Å². The third-order valence-corrected chi connectivity index (χ3v) is 4.39. The molecular weight excluding hydrogens is 268 g/mol.